The van der Waals surface area contributed by atoms with Crippen molar-refractivity contribution in [1.82, 2.24) is 19.4 Å². The lowest BCUT2D eigenvalue weighted by Crippen LogP contribution is -2.41. The standard InChI is InChI=1S/C24H30N4O/c1-26-18-21(22-9-6-13-25-23(22)26)12-16-28-14-10-20(11-15-28)24(29)27(2)17-19-7-4-3-5-8-19/h3-9,13,18,20H,10-12,14-17H2,1-2H3. The normalized spacial score (nSPS) is 15.7. The Morgan fingerprint density at radius 1 is 1.14 bits per heavy atom. The molecule has 0 N–H and O–H groups in total. The summed E-state index contributed by atoms with van der Waals surface area (Å²) in [7, 11) is 3.98. The Hall–Kier alpha value is -2.66. The van der Waals surface area contributed by atoms with Crippen LogP contribution in [0.1, 0.15) is 24.0 Å². The fourth-order valence-corrected chi connectivity index (χ4v) is 4.42. The lowest BCUT2D eigenvalue weighted by molar-refractivity contribution is -0.136. The average molecular weight is 391 g/mol. The molecule has 1 aliphatic heterocycles. The van der Waals surface area contributed by atoms with Gasteiger partial charge in [-0.25, -0.2) is 4.98 Å². The molecule has 0 atom stereocenters. The molecule has 3 heterocycles. The van der Waals surface area contributed by atoms with E-state index >= 15 is 0 Å². The molecule has 29 heavy (non-hydrogen) atoms. The number of fused-ring (bicyclic) bond motifs is 1. The number of benzene rings is 1. The molecule has 5 nitrogen and oxygen atoms in total. The average Bonchev–Trinajstić information content (AvgIpc) is 3.09. The zero-order valence-electron chi connectivity index (χ0n) is 17.4. The molecule has 0 aliphatic carbocycles. The van der Waals surface area contributed by atoms with E-state index < -0.39 is 0 Å². The van der Waals surface area contributed by atoms with Gasteiger partial charge in [0.05, 0.1) is 0 Å². The summed E-state index contributed by atoms with van der Waals surface area (Å²) in [6.45, 7) is 3.72. The van der Waals surface area contributed by atoms with Crippen LogP contribution in [-0.2, 0) is 24.8 Å². The topological polar surface area (TPSA) is 41.4 Å². The highest BCUT2D eigenvalue weighted by molar-refractivity contribution is 5.80. The van der Waals surface area contributed by atoms with E-state index in [1.807, 2.05) is 42.4 Å². The number of aromatic nitrogens is 2. The van der Waals surface area contributed by atoms with Crippen LogP contribution in [-0.4, -0.2) is 51.9 Å². The highest BCUT2D eigenvalue weighted by atomic mass is 16.2. The van der Waals surface area contributed by atoms with Gasteiger partial charge in [-0.1, -0.05) is 30.3 Å². The number of amides is 1. The Balaban J connectivity index is 1.27. The molecule has 0 bridgehead atoms. The lowest BCUT2D eigenvalue weighted by Gasteiger charge is -2.33. The maximum Gasteiger partial charge on any atom is 0.225 e. The summed E-state index contributed by atoms with van der Waals surface area (Å²) in [5, 5.41) is 1.25. The van der Waals surface area contributed by atoms with Gasteiger partial charge in [-0.3, -0.25) is 4.79 Å². The number of rotatable bonds is 6. The molecule has 0 unspecified atom stereocenters. The molecule has 0 saturated carbocycles. The first-order chi connectivity index (χ1) is 14.1. The highest BCUT2D eigenvalue weighted by Crippen LogP contribution is 2.22. The van der Waals surface area contributed by atoms with E-state index in [0.29, 0.717) is 6.54 Å². The van der Waals surface area contributed by atoms with Crippen LogP contribution in [0.15, 0.2) is 54.9 Å². The number of hydrogen-bond acceptors (Lipinski definition) is 3. The smallest absolute Gasteiger partial charge is 0.225 e. The minimum absolute atomic E-state index is 0.154. The fourth-order valence-electron chi connectivity index (χ4n) is 4.42. The van der Waals surface area contributed by atoms with Gasteiger partial charge in [-0.05, 0) is 55.6 Å². The van der Waals surface area contributed by atoms with Crippen molar-refractivity contribution >= 4 is 16.9 Å². The summed E-state index contributed by atoms with van der Waals surface area (Å²) < 4.78 is 2.11. The van der Waals surface area contributed by atoms with Gasteiger partial charge in [-0.2, -0.15) is 0 Å². The Labute approximate surface area is 172 Å². The van der Waals surface area contributed by atoms with Crippen LogP contribution in [0.3, 0.4) is 0 Å². The molecule has 5 heteroatoms. The summed E-state index contributed by atoms with van der Waals surface area (Å²) >= 11 is 0. The van der Waals surface area contributed by atoms with Gasteiger partial charge in [-0.15, -0.1) is 0 Å². The first-order valence-electron chi connectivity index (χ1n) is 10.5. The van der Waals surface area contributed by atoms with E-state index in [0.717, 1.165) is 44.5 Å². The number of pyridine rings is 1. The minimum atomic E-state index is 0.154. The molecule has 2 aromatic heterocycles. The Bertz CT molecular complexity index is 957. The summed E-state index contributed by atoms with van der Waals surface area (Å²) in [6.07, 6.45) is 6.98. The molecule has 0 radical (unpaired) electrons. The van der Waals surface area contributed by atoms with Crippen LogP contribution in [0.4, 0.5) is 0 Å². The van der Waals surface area contributed by atoms with Crippen molar-refractivity contribution in [2.45, 2.75) is 25.8 Å². The van der Waals surface area contributed by atoms with Crippen molar-refractivity contribution in [3.8, 4) is 0 Å². The van der Waals surface area contributed by atoms with Gasteiger partial charge in [0.1, 0.15) is 5.65 Å². The molecular weight excluding hydrogens is 360 g/mol. The van der Waals surface area contributed by atoms with Crippen LogP contribution in [0.25, 0.3) is 11.0 Å². The monoisotopic (exact) mass is 390 g/mol. The van der Waals surface area contributed by atoms with Crippen molar-refractivity contribution in [2.24, 2.45) is 13.0 Å². The largest absolute Gasteiger partial charge is 0.341 e. The molecule has 1 aliphatic rings. The fraction of sp³-hybridized carbons (Fsp3) is 0.417. The third-order valence-electron chi connectivity index (χ3n) is 6.09. The second-order valence-electron chi connectivity index (χ2n) is 8.19. The van der Waals surface area contributed by atoms with Crippen LogP contribution in [0.5, 0.6) is 0 Å². The summed E-state index contributed by atoms with van der Waals surface area (Å²) in [5.41, 5.74) is 3.59. The van der Waals surface area contributed by atoms with Gasteiger partial charge in [0, 0.05) is 50.9 Å². The first-order valence-corrected chi connectivity index (χ1v) is 10.5. The molecule has 1 saturated heterocycles. The van der Waals surface area contributed by atoms with E-state index in [2.05, 4.69) is 45.9 Å². The number of nitrogens with zero attached hydrogens (tertiary/aromatic N) is 4. The second-order valence-corrected chi connectivity index (χ2v) is 8.19. The molecular formula is C24H30N4O. The van der Waals surface area contributed by atoms with Crippen molar-refractivity contribution in [1.29, 1.82) is 0 Å². The molecule has 1 aromatic carbocycles. The van der Waals surface area contributed by atoms with Crippen molar-refractivity contribution in [2.75, 3.05) is 26.7 Å². The lowest BCUT2D eigenvalue weighted by atomic mass is 9.95. The van der Waals surface area contributed by atoms with Gasteiger partial charge < -0.3 is 14.4 Å². The van der Waals surface area contributed by atoms with Crippen LogP contribution >= 0.6 is 0 Å². The third-order valence-corrected chi connectivity index (χ3v) is 6.09. The SMILES string of the molecule is CN(Cc1ccccc1)C(=O)C1CCN(CCc2cn(C)c3ncccc23)CC1. The molecule has 3 aromatic rings. The number of hydrogen-bond donors (Lipinski definition) is 0. The van der Waals surface area contributed by atoms with Gasteiger partial charge >= 0.3 is 0 Å². The number of likely N-dealkylation sites (tertiary alicyclic amines) is 1. The Morgan fingerprint density at radius 3 is 2.66 bits per heavy atom. The van der Waals surface area contributed by atoms with E-state index in [9.17, 15) is 4.79 Å². The van der Waals surface area contributed by atoms with Gasteiger partial charge in [0.2, 0.25) is 5.91 Å². The Kier molecular flexibility index (Phi) is 5.95. The summed E-state index contributed by atoms with van der Waals surface area (Å²) in [6, 6.07) is 14.4. The van der Waals surface area contributed by atoms with Crippen LogP contribution < -0.4 is 0 Å². The van der Waals surface area contributed by atoms with Crippen molar-refractivity contribution in [3.05, 3.63) is 66.0 Å². The van der Waals surface area contributed by atoms with E-state index in [1.165, 1.54) is 16.5 Å². The van der Waals surface area contributed by atoms with E-state index in [4.69, 9.17) is 0 Å². The molecule has 1 amide bonds. The third kappa shape index (κ3) is 4.51. The summed E-state index contributed by atoms with van der Waals surface area (Å²) in [4.78, 5) is 21.7. The predicted molar refractivity (Wildman–Crippen MR) is 116 cm³/mol. The molecule has 4 rings (SSSR count). The zero-order chi connectivity index (χ0) is 20.2. The first kappa shape index (κ1) is 19.6. The van der Waals surface area contributed by atoms with Crippen LogP contribution in [0.2, 0.25) is 0 Å². The Morgan fingerprint density at radius 2 is 1.90 bits per heavy atom. The predicted octanol–water partition coefficient (Wildman–Crippen LogP) is 3.49. The van der Waals surface area contributed by atoms with E-state index in [1.54, 1.807) is 0 Å². The minimum Gasteiger partial charge on any atom is -0.341 e. The molecule has 152 valence electrons. The maximum atomic E-state index is 12.8. The number of carbonyl (C=O) groups excluding carboxylic acids is 1. The van der Waals surface area contributed by atoms with Crippen LogP contribution in [0, 0.1) is 5.92 Å². The van der Waals surface area contributed by atoms with Gasteiger partial charge in [0.25, 0.3) is 0 Å². The highest BCUT2D eigenvalue weighted by Gasteiger charge is 2.27. The van der Waals surface area contributed by atoms with Crippen molar-refractivity contribution < 1.29 is 4.79 Å². The molecule has 0 spiro atoms. The number of aryl methyl sites for hydroxylation is 1. The summed E-state index contributed by atoms with van der Waals surface area (Å²) in [5.74, 6) is 0.440. The number of carbonyl (C=O) groups is 1. The van der Waals surface area contributed by atoms with E-state index in [-0.39, 0.29) is 11.8 Å². The molecule has 1 fully saturated rings. The van der Waals surface area contributed by atoms with Gasteiger partial charge in [0.15, 0.2) is 0 Å². The van der Waals surface area contributed by atoms with Crippen molar-refractivity contribution in [3.63, 3.8) is 0 Å². The second kappa shape index (κ2) is 8.78. The number of piperidine rings is 1. The zero-order valence-corrected chi connectivity index (χ0v) is 17.4. The maximum absolute atomic E-state index is 12.8. The quantitative estimate of drug-likeness (QED) is 0.647.